The van der Waals surface area contributed by atoms with Crippen LogP contribution in [0.5, 0.6) is 11.5 Å². The molecule has 0 bridgehead atoms. The summed E-state index contributed by atoms with van der Waals surface area (Å²) in [6, 6.07) is 9.03. The van der Waals surface area contributed by atoms with Gasteiger partial charge in [0.25, 0.3) is 0 Å². The molecule has 0 aliphatic heterocycles. The molecule has 2 aromatic rings. The Morgan fingerprint density at radius 3 is 2.30 bits per heavy atom. The van der Waals surface area contributed by atoms with Crippen molar-refractivity contribution in [2.24, 2.45) is 0 Å². The first-order valence-corrected chi connectivity index (χ1v) is 6.79. The van der Waals surface area contributed by atoms with Gasteiger partial charge in [0.15, 0.2) is 11.6 Å². The molecule has 2 nitrogen and oxygen atoms in total. The van der Waals surface area contributed by atoms with Crippen LogP contribution in [0.2, 0.25) is 0 Å². The third-order valence-corrected chi connectivity index (χ3v) is 3.97. The molecule has 2 rings (SSSR count). The van der Waals surface area contributed by atoms with Crippen LogP contribution in [-0.2, 0) is 0 Å². The van der Waals surface area contributed by atoms with Crippen molar-refractivity contribution < 1.29 is 18.3 Å². The molecule has 20 heavy (non-hydrogen) atoms. The first-order valence-electron chi connectivity index (χ1n) is 5.87. The molecular formula is C15H13BrF2O2. The van der Waals surface area contributed by atoms with E-state index in [-0.39, 0.29) is 5.75 Å². The topological polar surface area (TPSA) is 18.5 Å². The summed E-state index contributed by atoms with van der Waals surface area (Å²) >= 11 is 3.42. The van der Waals surface area contributed by atoms with E-state index in [1.165, 1.54) is 26.4 Å². The summed E-state index contributed by atoms with van der Waals surface area (Å²) < 4.78 is 37.3. The Morgan fingerprint density at radius 2 is 1.70 bits per heavy atom. The van der Waals surface area contributed by atoms with Crippen LogP contribution in [0.15, 0.2) is 36.4 Å². The van der Waals surface area contributed by atoms with Crippen molar-refractivity contribution in [3.63, 3.8) is 0 Å². The molecule has 0 aliphatic carbocycles. The van der Waals surface area contributed by atoms with Gasteiger partial charge in [-0.1, -0.05) is 28.1 Å². The average Bonchev–Trinajstić information content (AvgIpc) is 2.47. The number of benzene rings is 2. The summed E-state index contributed by atoms with van der Waals surface area (Å²) in [4.78, 5) is -0.400. The van der Waals surface area contributed by atoms with Crippen LogP contribution in [-0.4, -0.2) is 14.2 Å². The first-order chi connectivity index (χ1) is 9.56. The highest BCUT2D eigenvalue weighted by atomic mass is 79.9. The van der Waals surface area contributed by atoms with Crippen LogP contribution < -0.4 is 9.47 Å². The maximum absolute atomic E-state index is 14.0. The van der Waals surface area contributed by atoms with Crippen molar-refractivity contribution in [3.8, 4) is 11.5 Å². The summed E-state index contributed by atoms with van der Waals surface area (Å²) in [5.41, 5.74) is 1.15. The smallest absolute Gasteiger partial charge is 0.165 e. The van der Waals surface area contributed by atoms with E-state index in [2.05, 4.69) is 15.9 Å². The Morgan fingerprint density at radius 1 is 0.950 bits per heavy atom. The number of alkyl halides is 1. The molecule has 0 amide bonds. The number of ether oxygens (including phenoxy) is 2. The van der Waals surface area contributed by atoms with E-state index < -0.39 is 16.5 Å². The van der Waals surface area contributed by atoms with E-state index >= 15 is 0 Å². The van der Waals surface area contributed by atoms with E-state index in [9.17, 15) is 8.78 Å². The number of rotatable bonds is 4. The maximum atomic E-state index is 14.0. The molecular weight excluding hydrogens is 330 g/mol. The molecule has 0 saturated heterocycles. The lowest BCUT2D eigenvalue weighted by Crippen LogP contribution is -1.99. The maximum Gasteiger partial charge on any atom is 0.165 e. The van der Waals surface area contributed by atoms with Gasteiger partial charge in [0.05, 0.1) is 19.0 Å². The van der Waals surface area contributed by atoms with Gasteiger partial charge in [0.1, 0.15) is 11.6 Å². The lowest BCUT2D eigenvalue weighted by molar-refractivity contribution is 0.386. The fourth-order valence-corrected chi connectivity index (χ4v) is 2.51. The zero-order valence-corrected chi connectivity index (χ0v) is 12.6. The molecule has 106 valence electrons. The summed E-state index contributed by atoms with van der Waals surface area (Å²) in [5.74, 6) is -0.274. The van der Waals surface area contributed by atoms with E-state index in [1.807, 2.05) is 0 Å². The number of hydrogen-bond acceptors (Lipinski definition) is 2. The van der Waals surface area contributed by atoms with Crippen molar-refractivity contribution in [2.45, 2.75) is 4.83 Å². The van der Waals surface area contributed by atoms with E-state index in [1.54, 1.807) is 24.3 Å². The fraction of sp³-hybridized carbons (Fsp3) is 0.200. The van der Waals surface area contributed by atoms with Crippen molar-refractivity contribution in [1.29, 1.82) is 0 Å². The zero-order valence-electron chi connectivity index (χ0n) is 11.0. The van der Waals surface area contributed by atoms with Crippen LogP contribution in [0, 0.1) is 11.6 Å². The number of hydrogen-bond donors (Lipinski definition) is 0. The van der Waals surface area contributed by atoms with Gasteiger partial charge in [0, 0.05) is 11.6 Å². The SMILES string of the molecule is COc1ccc(C(Br)c2ccc(F)c(OC)c2)c(F)c1. The quantitative estimate of drug-likeness (QED) is 0.763. The lowest BCUT2D eigenvalue weighted by atomic mass is 10.0. The fourth-order valence-electron chi connectivity index (χ4n) is 1.85. The van der Waals surface area contributed by atoms with E-state index in [0.29, 0.717) is 16.9 Å². The molecule has 0 aromatic heterocycles. The minimum absolute atomic E-state index is 0.126. The molecule has 2 aromatic carbocycles. The first kappa shape index (κ1) is 14.8. The predicted molar refractivity (Wildman–Crippen MR) is 76.7 cm³/mol. The Hall–Kier alpha value is -1.62. The normalized spacial score (nSPS) is 12.1. The van der Waals surface area contributed by atoms with Crippen molar-refractivity contribution in [3.05, 3.63) is 59.2 Å². The molecule has 0 fully saturated rings. The standard InChI is InChI=1S/C15H13BrF2O2/c1-19-10-4-5-11(13(18)8-10)15(16)9-3-6-12(17)14(7-9)20-2/h3-8,15H,1-2H3. The molecule has 0 radical (unpaired) electrons. The summed E-state index contributed by atoms with van der Waals surface area (Å²) in [7, 11) is 2.87. The van der Waals surface area contributed by atoms with Crippen LogP contribution in [0.4, 0.5) is 8.78 Å². The summed E-state index contributed by atoms with van der Waals surface area (Å²) in [6.45, 7) is 0. The molecule has 0 N–H and O–H groups in total. The van der Waals surface area contributed by atoms with Crippen molar-refractivity contribution in [1.82, 2.24) is 0 Å². The van der Waals surface area contributed by atoms with Gasteiger partial charge >= 0.3 is 0 Å². The zero-order chi connectivity index (χ0) is 14.7. The second-order valence-electron chi connectivity index (χ2n) is 4.14. The van der Waals surface area contributed by atoms with Gasteiger partial charge in [-0.05, 0) is 23.8 Å². The highest BCUT2D eigenvalue weighted by Crippen LogP contribution is 2.35. The summed E-state index contributed by atoms with van der Waals surface area (Å²) in [6.07, 6.45) is 0. The van der Waals surface area contributed by atoms with Crippen molar-refractivity contribution >= 4 is 15.9 Å². The van der Waals surface area contributed by atoms with Gasteiger partial charge in [0.2, 0.25) is 0 Å². The number of methoxy groups -OCH3 is 2. The molecule has 1 atom stereocenters. The highest BCUT2D eigenvalue weighted by Gasteiger charge is 2.17. The third kappa shape index (κ3) is 2.93. The largest absolute Gasteiger partial charge is 0.497 e. The van der Waals surface area contributed by atoms with E-state index in [4.69, 9.17) is 9.47 Å². The molecule has 0 heterocycles. The molecule has 0 spiro atoms. The monoisotopic (exact) mass is 342 g/mol. The molecule has 0 saturated carbocycles. The lowest BCUT2D eigenvalue weighted by Gasteiger charge is -2.14. The van der Waals surface area contributed by atoms with Gasteiger partial charge < -0.3 is 9.47 Å². The van der Waals surface area contributed by atoms with Gasteiger partial charge in [-0.2, -0.15) is 0 Å². The van der Waals surface area contributed by atoms with Crippen molar-refractivity contribution in [2.75, 3.05) is 14.2 Å². The average molecular weight is 343 g/mol. The Labute approximate surface area is 124 Å². The number of halogens is 3. The Balaban J connectivity index is 2.38. The summed E-state index contributed by atoms with van der Waals surface area (Å²) in [5, 5.41) is 0. The predicted octanol–water partition coefficient (Wildman–Crippen LogP) is 4.47. The van der Waals surface area contributed by atoms with Gasteiger partial charge in [-0.25, -0.2) is 8.78 Å². The second-order valence-corrected chi connectivity index (χ2v) is 5.06. The van der Waals surface area contributed by atoms with E-state index in [0.717, 1.165) is 0 Å². The molecule has 1 unspecified atom stereocenters. The third-order valence-electron chi connectivity index (χ3n) is 2.95. The van der Waals surface area contributed by atoms with Gasteiger partial charge in [-0.3, -0.25) is 0 Å². The Bertz CT molecular complexity index is 617. The van der Waals surface area contributed by atoms with Crippen LogP contribution in [0.1, 0.15) is 16.0 Å². The molecule has 0 aliphatic rings. The van der Waals surface area contributed by atoms with Gasteiger partial charge in [-0.15, -0.1) is 0 Å². The minimum atomic E-state index is -0.453. The second kappa shape index (κ2) is 6.22. The minimum Gasteiger partial charge on any atom is -0.497 e. The van der Waals surface area contributed by atoms with Crippen LogP contribution in [0.3, 0.4) is 0 Å². The van der Waals surface area contributed by atoms with Crippen LogP contribution in [0.25, 0.3) is 0 Å². The van der Waals surface area contributed by atoms with Crippen LogP contribution >= 0.6 is 15.9 Å². The highest BCUT2D eigenvalue weighted by molar-refractivity contribution is 9.09. The Kier molecular flexibility index (Phi) is 4.60. The molecule has 5 heteroatoms.